The van der Waals surface area contributed by atoms with E-state index in [0.717, 1.165) is 22.3 Å². The van der Waals surface area contributed by atoms with Crippen molar-refractivity contribution in [1.82, 2.24) is 14.5 Å². The van der Waals surface area contributed by atoms with Crippen LogP contribution in [0.4, 0.5) is 0 Å². The molecule has 0 saturated carbocycles. The average molecular weight is 416 g/mol. The molecule has 1 amide bonds. The fourth-order valence-corrected chi connectivity index (χ4v) is 5.25. The molecule has 0 spiro atoms. The summed E-state index contributed by atoms with van der Waals surface area (Å²) in [5, 5.41) is 2.96. The van der Waals surface area contributed by atoms with Crippen LogP contribution in [0.5, 0.6) is 0 Å². The molecule has 1 N–H and O–H groups in total. The van der Waals surface area contributed by atoms with Gasteiger partial charge < -0.3 is 5.32 Å². The highest BCUT2D eigenvalue weighted by Crippen LogP contribution is 2.22. The second-order valence-electron chi connectivity index (χ2n) is 7.65. The number of rotatable bonds is 6. The van der Waals surface area contributed by atoms with Crippen LogP contribution in [0, 0.1) is 20.8 Å². The van der Waals surface area contributed by atoms with Crippen molar-refractivity contribution in [2.45, 2.75) is 32.2 Å². The molecule has 2 aromatic carbocycles. The van der Waals surface area contributed by atoms with Crippen LogP contribution in [0.2, 0.25) is 0 Å². The Bertz CT molecular complexity index is 981. The Hall–Kier alpha value is -2.22. The number of carbonyl (C=O) groups is 1. The number of sulfonamides is 1. The summed E-state index contributed by atoms with van der Waals surface area (Å²) < 4.78 is 27.5. The van der Waals surface area contributed by atoms with Crippen molar-refractivity contribution < 1.29 is 13.2 Å². The Morgan fingerprint density at radius 3 is 2.34 bits per heavy atom. The summed E-state index contributed by atoms with van der Waals surface area (Å²) in [5.41, 5.74) is 3.94. The van der Waals surface area contributed by atoms with Gasteiger partial charge in [-0.3, -0.25) is 9.69 Å². The third-order valence-corrected chi connectivity index (χ3v) is 7.44. The number of piperazine rings is 1. The molecule has 0 radical (unpaired) electrons. The van der Waals surface area contributed by atoms with Crippen LogP contribution in [0.3, 0.4) is 0 Å². The van der Waals surface area contributed by atoms with E-state index in [1.54, 1.807) is 6.07 Å². The molecular formula is C22H29N3O3S. The number of hydrogen-bond acceptors (Lipinski definition) is 4. The van der Waals surface area contributed by atoms with Crippen molar-refractivity contribution in [2.24, 2.45) is 0 Å². The molecule has 1 aliphatic rings. The van der Waals surface area contributed by atoms with E-state index in [2.05, 4.69) is 5.32 Å². The van der Waals surface area contributed by atoms with Crippen molar-refractivity contribution in [3.05, 3.63) is 64.7 Å². The molecule has 156 valence electrons. The van der Waals surface area contributed by atoms with Crippen LogP contribution in [-0.4, -0.2) is 56.3 Å². The molecule has 1 heterocycles. The minimum Gasteiger partial charge on any atom is -0.351 e. The van der Waals surface area contributed by atoms with Crippen molar-refractivity contribution in [1.29, 1.82) is 0 Å². The van der Waals surface area contributed by atoms with Crippen molar-refractivity contribution in [3.8, 4) is 0 Å². The zero-order valence-corrected chi connectivity index (χ0v) is 18.1. The van der Waals surface area contributed by atoms with Gasteiger partial charge in [-0.15, -0.1) is 0 Å². The summed E-state index contributed by atoms with van der Waals surface area (Å²) >= 11 is 0. The quantitative estimate of drug-likeness (QED) is 0.786. The molecule has 0 aromatic heterocycles. The number of nitrogens with one attached hydrogen (secondary N) is 1. The Kier molecular flexibility index (Phi) is 6.72. The molecule has 3 rings (SSSR count). The van der Waals surface area contributed by atoms with Gasteiger partial charge >= 0.3 is 0 Å². The second-order valence-corrected chi connectivity index (χ2v) is 9.56. The van der Waals surface area contributed by atoms with E-state index in [4.69, 9.17) is 0 Å². The fourth-order valence-electron chi connectivity index (χ4n) is 3.51. The number of hydrogen-bond donors (Lipinski definition) is 1. The summed E-state index contributed by atoms with van der Waals surface area (Å²) in [6.07, 6.45) is 0. The largest absolute Gasteiger partial charge is 0.351 e. The molecule has 29 heavy (non-hydrogen) atoms. The number of carbonyl (C=O) groups excluding carboxylic acids is 1. The molecule has 1 saturated heterocycles. The maximum atomic E-state index is 13.0. The molecule has 1 aliphatic heterocycles. The maximum absolute atomic E-state index is 13.0. The van der Waals surface area contributed by atoms with Gasteiger partial charge in [0, 0.05) is 32.7 Å². The summed E-state index contributed by atoms with van der Waals surface area (Å²) in [5.74, 6) is -0.0425. The van der Waals surface area contributed by atoms with Gasteiger partial charge in [-0.25, -0.2) is 8.42 Å². The molecule has 0 unspecified atom stereocenters. The van der Waals surface area contributed by atoms with Gasteiger partial charge in [-0.1, -0.05) is 36.4 Å². The van der Waals surface area contributed by atoms with E-state index < -0.39 is 10.0 Å². The molecule has 0 atom stereocenters. The van der Waals surface area contributed by atoms with Crippen LogP contribution >= 0.6 is 0 Å². The zero-order valence-electron chi connectivity index (χ0n) is 17.3. The lowest BCUT2D eigenvalue weighted by Gasteiger charge is -2.33. The topological polar surface area (TPSA) is 69.7 Å². The predicted octanol–water partition coefficient (Wildman–Crippen LogP) is 2.23. The van der Waals surface area contributed by atoms with Gasteiger partial charge in [0.15, 0.2) is 0 Å². The fraction of sp³-hybridized carbons (Fsp3) is 0.409. The van der Waals surface area contributed by atoms with Crippen LogP contribution in [0.15, 0.2) is 47.4 Å². The van der Waals surface area contributed by atoms with E-state index in [1.165, 1.54) is 4.31 Å². The lowest BCUT2D eigenvalue weighted by Crippen LogP contribution is -2.51. The van der Waals surface area contributed by atoms with E-state index >= 15 is 0 Å². The Balaban J connectivity index is 1.53. The highest BCUT2D eigenvalue weighted by atomic mass is 32.2. The lowest BCUT2D eigenvalue weighted by atomic mass is 10.1. The first-order valence-corrected chi connectivity index (χ1v) is 11.3. The van der Waals surface area contributed by atoms with Crippen molar-refractivity contribution >= 4 is 15.9 Å². The van der Waals surface area contributed by atoms with E-state index in [0.29, 0.717) is 37.6 Å². The lowest BCUT2D eigenvalue weighted by molar-refractivity contribution is -0.122. The molecular weight excluding hydrogens is 386 g/mol. The van der Waals surface area contributed by atoms with E-state index in [1.807, 2.05) is 62.1 Å². The third-order valence-electron chi connectivity index (χ3n) is 5.40. The summed E-state index contributed by atoms with van der Waals surface area (Å²) in [4.78, 5) is 14.7. The summed E-state index contributed by atoms with van der Waals surface area (Å²) in [7, 11) is -3.51. The molecule has 0 bridgehead atoms. The number of amides is 1. The van der Waals surface area contributed by atoms with Gasteiger partial charge in [-0.05, 0) is 49.1 Å². The maximum Gasteiger partial charge on any atom is 0.243 e. The molecule has 2 aromatic rings. The Morgan fingerprint density at radius 2 is 1.66 bits per heavy atom. The first-order valence-electron chi connectivity index (χ1n) is 9.88. The van der Waals surface area contributed by atoms with Crippen molar-refractivity contribution in [2.75, 3.05) is 32.7 Å². The van der Waals surface area contributed by atoms with Gasteiger partial charge in [-0.2, -0.15) is 4.31 Å². The zero-order chi connectivity index (χ0) is 21.0. The minimum absolute atomic E-state index is 0.0425. The third kappa shape index (κ3) is 5.23. The standard InChI is InChI=1S/C22H29N3O3S/c1-17-8-9-19(3)21(14-17)29(27,28)25-12-10-24(11-13-25)16-22(26)23-15-20-7-5-4-6-18(20)2/h4-9,14H,10-13,15-16H2,1-3H3,(H,23,26). The monoisotopic (exact) mass is 415 g/mol. The number of nitrogens with zero attached hydrogens (tertiary/aromatic N) is 2. The second kappa shape index (κ2) is 9.07. The number of benzene rings is 2. The first kappa shape index (κ1) is 21.5. The molecule has 6 nitrogen and oxygen atoms in total. The van der Waals surface area contributed by atoms with E-state index in [9.17, 15) is 13.2 Å². The predicted molar refractivity (Wildman–Crippen MR) is 114 cm³/mol. The normalized spacial score (nSPS) is 16.0. The van der Waals surface area contributed by atoms with Gasteiger partial charge in [0.2, 0.25) is 15.9 Å². The molecule has 0 aliphatic carbocycles. The minimum atomic E-state index is -3.51. The molecule has 7 heteroatoms. The smallest absolute Gasteiger partial charge is 0.243 e. The van der Waals surface area contributed by atoms with E-state index in [-0.39, 0.29) is 12.5 Å². The Labute approximate surface area is 173 Å². The Morgan fingerprint density at radius 1 is 0.966 bits per heavy atom. The summed E-state index contributed by atoms with van der Waals surface area (Å²) in [6.45, 7) is 8.39. The summed E-state index contributed by atoms with van der Waals surface area (Å²) in [6, 6.07) is 13.5. The average Bonchev–Trinajstić information content (AvgIpc) is 2.69. The number of aryl methyl sites for hydroxylation is 3. The SMILES string of the molecule is Cc1ccc(C)c(S(=O)(=O)N2CCN(CC(=O)NCc3ccccc3C)CC2)c1. The van der Waals surface area contributed by atoms with Gasteiger partial charge in [0.05, 0.1) is 11.4 Å². The van der Waals surface area contributed by atoms with Crippen molar-refractivity contribution in [3.63, 3.8) is 0 Å². The van der Waals surface area contributed by atoms with Crippen LogP contribution in [-0.2, 0) is 21.4 Å². The van der Waals surface area contributed by atoms with Crippen LogP contribution in [0.1, 0.15) is 22.3 Å². The highest BCUT2D eigenvalue weighted by molar-refractivity contribution is 7.89. The highest BCUT2D eigenvalue weighted by Gasteiger charge is 2.30. The van der Waals surface area contributed by atoms with Crippen LogP contribution in [0.25, 0.3) is 0 Å². The first-order chi connectivity index (χ1) is 13.8. The van der Waals surface area contributed by atoms with Gasteiger partial charge in [0.1, 0.15) is 0 Å². The van der Waals surface area contributed by atoms with Crippen LogP contribution < -0.4 is 5.32 Å². The van der Waals surface area contributed by atoms with Gasteiger partial charge in [0.25, 0.3) is 0 Å². The molecule has 1 fully saturated rings.